The van der Waals surface area contributed by atoms with Gasteiger partial charge in [0.2, 0.25) is 5.91 Å². The number of carbonyl (C=O) groups excluding carboxylic acids is 2. The Kier molecular flexibility index (Phi) is 9.04. The zero-order valence-corrected chi connectivity index (χ0v) is 23.5. The van der Waals surface area contributed by atoms with Gasteiger partial charge in [-0.25, -0.2) is 4.68 Å². The van der Waals surface area contributed by atoms with Crippen molar-refractivity contribution in [3.63, 3.8) is 0 Å². The smallest absolute Gasteiger partial charge is 0.254 e. The summed E-state index contributed by atoms with van der Waals surface area (Å²) >= 11 is 0. The second-order valence-corrected chi connectivity index (χ2v) is 10.5. The minimum absolute atomic E-state index is 0.130. The summed E-state index contributed by atoms with van der Waals surface area (Å²) in [6, 6.07) is 14.3. The lowest BCUT2D eigenvalue weighted by atomic mass is 9.92. The van der Waals surface area contributed by atoms with E-state index in [0.29, 0.717) is 29.4 Å². The van der Waals surface area contributed by atoms with Crippen molar-refractivity contribution >= 4 is 17.6 Å². The number of aromatic nitrogens is 2. The molecule has 1 N–H and O–H groups in total. The lowest BCUT2D eigenvalue weighted by molar-refractivity contribution is -0.117. The summed E-state index contributed by atoms with van der Waals surface area (Å²) in [5.41, 5.74) is 1.74. The van der Waals surface area contributed by atoms with Crippen molar-refractivity contribution in [1.82, 2.24) is 14.7 Å². The van der Waals surface area contributed by atoms with Crippen LogP contribution >= 0.6 is 0 Å². The maximum Gasteiger partial charge on any atom is 0.254 e. The number of hydrogen-bond acceptors (Lipinski definition) is 6. The minimum atomic E-state index is -0.330. The summed E-state index contributed by atoms with van der Waals surface area (Å²) in [5, 5.41) is 7.73. The first-order valence-electron chi connectivity index (χ1n) is 12.5. The number of hydrogen-bond donors (Lipinski definition) is 1. The van der Waals surface area contributed by atoms with Crippen LogP contribution in [0, 0.1) is 5.92 Å². The summed E-state index contributed by atoms with van der Waals surface area (Å²) < 4.78 is 17.6. The fourth-order valence-electron chi connectivity index (χ4n) is 3.89. The molecule has 0 unspecified atom stereocenters. The Bertz CT molecular complexity index is 1240. The number of carbonyl (C=O) groups is 2. The predicted molar refractivity (Wildman–Crippen MR) is 148 cm³/mol. The van der Waals surface area contributed by atoms with E-state index < -0.39 is 0 Å². The molecular weight excluding hydrogens is 484 g/mol. The molecule has 38 heavy (non-hydrogen) atoms. The van der Waals surface area contributed by atoms with Crippen LogP contribution < -0.4 is 19.5 Å². The van der Waals surface area contributed by atoms with Crippen LogP contribution in [0.5, 0.6) is 17.2 Å². The number of nitrogens with zero attached hydrogens (tertiary/aromatic N) is 3. The van der Waals surface area contributed by atoms with Gasteiger partial charge in [-0.05, 0) is 42.3 Å². The van der Waals surface area contributed by atoms with E-state index in [-0.39, 0.29) is 29.7 Å². The van der Waals surface area contributed by atoms with Crippen molar-refractivity contribution in [1.29, 1.82) is 0 Å². The zero-order valence-electron chi connectivity index (χ0n) is 23.5. The topological polar surface area (TPSA) is 94.9 Å². The van der Waals surface area contributed by atoms with Gasteiger partial charge in [0.15, 0.2) is 0 Å². The van der Waals surface area contributed by atoms with Crippen molar-refractivity contribution in [3.8, 4) is 22.9 Å². The Hall–Kier alpha value is -4.01. The normalized spacial score (nSPS) is 11.3. The van der Waals surface area contributed by atoms with Gasteiger partial charge in [0.1, 0.15) is 29.6 Å². The Morgan fingerprint density at radius 3 is 2.00 bits per heavy atom. The molecule has 2 aromatic carbocycles. The maximum absolute atomic E-state index is 13.5. The van der Waals surface area contributed by atoms with Gasteiger partial charge in [-0.1, -0.05) is 34.6 Å². The van der Waals surface area contributed by atoms with Crippen molar-refractivity contribution in [2.45, 2.75) is 40.0 Å². The van der Waals surface area contributed by atoms with E-state index in [0.717, 1.165) is 17.1 Å². The van der Waals surface area contributed by atoms with Gasteiger partial charge in [-0.15, -0.1) is 0 Å². The highest BCUT2D eigenvalue weighted by molar-refractivity contribution is 5.99. The van der Waals surface area contributed by atoms with Gasteiger partial charge in [0.25, 0.3) is 5.91 Å². The Morgan fingerprint density at radius 2 is 1.50 bits per heavy atom. The van der Waals surface area contributed by atoms with Crippen LogP contribution in [0.25, 0.3) is 5.69 Å². The van der Waals surface area contributed by atoms with Gasteiger partial charge in [0.05, 0.1) is 32.7 Å². The molecule has 0 aliphatic rings. The van der Waals surface area contributed by atoms with E-state index in [4.69, 9.17) is 19.3 Å². The second-order valence-electron chi connectivity index (χ2n) is 10.5. The monoisotopic (exact) mass is 522 g/mol. The first kappa shape index (κ1) is 28.6. The highest BCUT2D eigenvalue weighted by atomic mass is 16.5. The molecule has 0 aliphatic carbocycles. The third-order valence-electron chi connectivity index (χ3n) is 5.87. The molecule has 0 saturated heterocycles. The van der Waals surface area contributed by atoms with E-state index >= 15 is 0 Å². The predicted octanol–water partition coefficient (Wildman–Crippen LogP) is 4.93. The van der Waals surface area contributed by atoms with Gasteiger partial charge >= 0.3 is 0 Å². The summed E-state index contributed by atoms with van der Waals surface area (Å²) in [6.45, 7) is 10.4. The Balaban J connectivity index is 1.89. The van der Waals surface area contributed by atoms with E-state index in [1.807, 2.05) is 44.2 Å². The minimum Gasteiger partial charge on any atom is -0.497 e. The molecule has 0 atom stereocenters. The standard InChI is InChI=1S/C29H38N4O5/c1-19(2)17-32(28(35)20-13-23(37-7)15-24(14-20)38-8)18-27(34)30-26-16-25(29(3,4)5)31-33(26)21-9-11-22(36-6)12-10-21/h9-16,19H,17-18H2,1-8H3,(H,30,34). The van der Waals surface area contributed by atoms with Crippen molar-refractivity contribution in [3.05, 3.63) is 59.8 Å². The summed E-state index contributed by atoms with van der Waals surface area (Å²) in [6.07, 6.45) is 0. The van der Waals surface area contributed by atoms with Crippen LogP contribution in [0.1, 0.15) is 50.7 Å². The fourth-order valence-corrected chi connectivity index (χ4v) is 3.89. The number of benzene rings is 2. The molecular formula is C29H38N4O5. The molecule has 3 aromatic rings. The lowest BCUT2D eigenvalue weighted by Crippen LogP contribution is -2.40. The van der Waals surface area contributed by atoms with Gasteiger partial charge in [0, 0.05) is 29.7 Å². The van der Waals surface area contributed by atoms with E-state index in [9.17, 15) is 9.59 Å². The molecule has 0 bridgehead atoms. The maximum atomic E-state index is 13.5. The van der Waals surface area contributed by atoms with Crippen LogP contribution in [-0.2, 0) is 10.2 Å². The van der Waals surface area contributed by atoms with Crippen molar-refractivity contribution in [2.75, 3.05) is 39.7 Å². The lowest BCUT2D eigenvalue weighted by Gasteiger charge is -2.24. The number of amides is 2. The highest BCUT2D eigenvalue weighted by Crippen LogP contribution is 2.27. The quantitative estimate of drug-likeness (QED) is 0.406. The first-order valence-corrected chi connectivity index (χ1v) is 12.5. The van der Waals surface area contributed by atoms with Crippen LogP contribution in [0.2, 0.25) is 0 Å². The van der Waals surface area contributed by atoms with Crippen LogP contribution in [0.15, 0.2) is 48.5 Å². The number of nitrogens with one attached hydrogen (secondary N) is 1. The Labute approximate surface area is 224 Å². The SMILES string of the molecule is COc1ccc(-n2nc(C(C)(C)C)cc2NC(=O)CN(CC(C)C)C(=O)c2cc(OC)cc(OC)c2)cc1. The third-order valence-corrected chi connectivity index (χ3v) is 5.87. The molecule has 2 amide bonds. The molecule has 0 saturated carbocycles. The average Bonchev–Trinajstić information content (AvgIpc) is 3.31. The van der Waals surface area contributed by atoms with Crippen molar-refractivity contribution < 1.29 is 23.8 Å². The molecule has 9 heteroatoms. The fraction of sp³-hybridized carbons (Fsp3) is 0.414. The molecule has 204 valence electrons. The summed E-state index contributed by atoms with van der Waals surface area (Å²) in [5.74, 6) is 1.77. The van der Waals surface area contributed by atoms with Crippen LogP contribution in [0.4, 0.5) is 5.82 Å². The second kappa shape index (κ2) is 12.0. The van der Waals surface area contributed by atoms with E-state index in [1.54, 1.807) is 30.0 Å². The first-order chi connectivity index (χ1) is 17.9. The zero-order chi connectivity index (χ0) is 28.0. The van der Waals surface area contributed by atoms with Crippen LogP contribution in [-0.4, -0.2) is 60.9 Å². The number of anilines is 1. The van der Waals surface area contributed by atoms with Gasteiger partial charge in [-0.3, -0.25) is 9.59 Å². The molecule has 1 heterocycles. The number of methoxy groups -OCH3 is 3. The highest BCUT2D eigenvalue weighted by Gasteiger charge is 2.24. The van der Waals surface area contributed by atoms with Gasteiger partial charge < -0.3 is 24.4 Å². The van der Waals surface area contributed by atoms with Gasteiger partial charge in [-0.2, -0.15) is 5.10 Å². The molecule has 0 spiro atoms. The van der Waals surface area contributed by atoms with E-state index in [2.05, 4.69) is 26.1 Å². The molecule has 9 nitrogen and oxygen atoms in total. The molecule has 1 aromatic heterocycles. The Morgan fingerprint density at radius 1 is 0.921 bits per heavy atom. The largest absolute Gasteiger partial charge is 0.497 e. The van der Waals surface area contributed by atoms with Crippen molar-refractivity contribution in [2.24, 2.45) is 5.92 Å². The number of ether oxygens (including phenoxy) is 3. The molecule has 0 fully saturated rings. The number of rotatable bonds is 10. The molecule has 3 rings (SSSR count). The summed E-state index contributed by atoms with van der Waals surface area (Å²) in [7, 11) is 4.67. The molecule has 0 radical (unpaired) electrons. The average molecular weight is 523 g/mol. The third kappa shape index (κ3) is 7.06. The molecule has 0 aliphatic heterocycles. The van der Waals surface area contributed by atoms with Crippen LogP contribution in [0.3, 0.4) is 0 Å². The summed E-state index contributed by atoms with van der Waals surface area (Å²) in [4.78, 5) is 28.3. The van der Waals surface area contributed by atoms with E-state index in [1.165, 1.54) is 19.1 Å².